The third kappa shape index (κ3) is 7.33. The lowest BCUT2D eigenvalue weighted by atomic mass is 9.97. The van der Waals surface area contributed by atoms with Gasteiger partial charge in [-0.3, -0.25) is 9.78 Å². The molecule has 1 saturated carbocycles. The Kier molecular flexibility index (Phi) is 8.74. The van der Waals surface area contributed by atoms with E-state index in [4.69, 9.17) is 26.1 Å². The van der Waals surface area contributed by atoms with Gasteiger partial charge in [-0.2, -0.15) is 0 Å². The molecule has 1 aliphatic heterocycles. The Morgan fingerprint density at radius 1 is 1.02 bits per heavy atom. The summed E-state index contributed by atoms with van der Waals surface area (Å²) < 4.78 is 12.2. The fraction of sp³-hybridized carbons (Fsp3) is 0.394. The van der Waals surface area contributed by atoms with Crippen molar-refractivity contribution in [2.45, 2.75) is 83.6 Å². The van der Waals surface area contributed by atoms with Gasteiger partial charge in [-0.1, -0.05) is 36.2 Å². The molecule has 7 nitrogen and oxygen atoms in total. The van der Waals surface area contributed by atoms with Crippen LogP contribution in [-0.4, -0.2) is 45.4 Å². The predicted molar refractivity (Wildman–Crippen MR) is 160 cm³/mol. The quantitative estimate of drug-likeness (QED) is 0.288. The van der Waals surface area contributed by atoms with Crippen molar-refractivity contribution in [1.29, 1.82) is 0 Å². The van der Waals surface area contributed by atoms with Crippen molar-refractivity contribution in [3.05, 3.63) is 94.3 Å². The van der Waals surface area contributed by atoms with Crippen molar-refractivity contribution in [1.82, 2.24) is 9.88 Å². The third-order valence-corrected chi connectivity index (χ3v) is 7.51. The maximum atomic E-state index is 14.2. The number of ether oxygens (including phenoxy) is 2. The molecule has 1 fully saturated rings. The van der Waals surface area contributed by atoms with Gasteiger partial charge < -0.3 is 14.4 Å². The second-order valence-electron chi connectivity index (χ2n) is 11.7. The molecule has 3 aromatic rings. The van der Waals surface area contributed by atoms with Gasteiger partial charge in [0.05, 0.1) is 16.8 Å². The molecule has 0 unspecified atom stereocenters. The van der Waals surface area contributed by atoms with Crippen LogP contribution < -0.4 is 0 Å². The van der Waals surface area contributed by atoms with Crippen LogP contribution in [0.15, 0.2) is 72.0 Å². The summed E-state index contributed by atoms with van der Waals surface area (Å²) in [6, 6.07) is 15.8. The maximum absolute atomic E-state index is 14.2. The van der Waals surface area contributed by atoms with Crippen LogP contribution in [0.25, 0.3) is 0 Å². The van der Waals surface area contributed by atoms with E-state index in [1.54, 1.807) is 36.5 Å². The number of halogens is 1. The number of carbonyl (C=O) groups is 2. The van der Waals surface area contributed by atoms with Crippen molar-refractivity contribution in [2.75, 3.05) is 0 Å². The second kappa shape index (κ2) is 12.4. The van der Waals surface area contributed by atoms with Crippen molar-refractivity contribution in [3.63, 3.8) is 0 Å². The number of benzene rings is 2. The molecule has 41 heavy (non-hydrogen) atoms. The molecule has 5 rings (SSSR count). The molecule has 8 heteroatoms. The molecular formula is C33H36ClN3O4. The molecular weight excluding hydrogens is 538 g/mol. The number of fused-ring (bicyclic) bond motifs is 1. The highest BCUT2D eigenvalue weighted by molar-refractivity contribution is 6.31. The van der Waals surface area contributed by atoms with Crippen molar-refractivity contribution in [2.24, 2.45) is 4.99 Å². The summed E-state index contributed by atoms with van der Waals surface area (Å²) in [4.78, 5) is 37.8. The molecule has 2 aliphatic rings. The van der Waals surface area contributed by atoms with Gasteiger partial charge in [0, 0.05) is 30.4 Å². The number of hydrogen-bond donors (Lipinski definition) is 0. The van der Waals surface area contributed by atoms with Crippen LogP contribution in [-0.2, 0) is 22.4 Å². The van der Waals surface area contributed by atoms with Crippen LogP contribution in [0, 0.1) is 0 Å². The molecule has 1 amide bonds. The van der Waals surface area contributed by atoms with E-state index in [0.717, 1.165) is 36.8 Å². The number of carbonyl (C=O) groups excluding carboxylic acids is 2. The summed E-state index contributed by atoms with van der Waals surface area (Å²) in [7, 11) is 0. The van der Waals surface area contributed by atoms with Crippen LogP contribution in [0.2, 0.25) is 5.02 Å². The van der Waals surface area contributed by atoms with Gasteiger partial charge in [-0.05, 0) is 94.0 Å². The van der Waals surface area contributed by atoms with Crippen molar-refractivity contribution < 1.29 is 19.1 Å². The summed E-state index contributed by atoms with van der Waals surface area (Å²) >= 11 is 6.35. The first-order valence-electron chi connectivity index (χ1n) is 14.2. The lowest BCUT2D eigenvalue weighted by Crippen LogP contribution is -2.46. The zero-order chi connectivity index (χ0) is 29.0. The van der Waals surface area contributed by atoms with Crippen LogP contribution in [0.5, 0.6) is 0 Å². The van der Waals surface area contributed by atoms with E-state index < -0.39 is 11.6 Å². The zero-order valence-electron chi connectivity index (χ0n) is 23.8. The van der Waals surface area contributed by atoms with E-state index in [0.29, 0.717) is 40.7 Å². The summed E-state index contributed by atoms with van der Waals surface area (Å²) in [6.07, 6.45) is 9.42. The zero-order valence-corrected chi connectivity index (χ0v) is 24.6. The summed E-state index contributed by atoms with van der Waals surface area (Å²) in [5.74, 6) is -0.0290. The molecule has 2 heterocycles. The first-order valence-corrected chi connectivity index (χ1v) is 14.6. The van der Waals surface area contributed by atoms with E-state index in [9.17, 15) is 9.59 Å². The van der Waals surface area contributed by atoms with E-state index in [1.807, 2.05) is 56.1 Å². The van der Waals surface area contributed by atoms with E-state index in [2.05, 4.69) is 4.98 Å². The number of rotatable bonds is 6. The first kappa shape index (κ1) is 28.8. The number of aromatic nitrogens is 1. The Morgan fingerprint density at radius 3 is 2.46 bits per heavy atom. The van der Waals surface area contributed by atoms with Gasteiger partial charge in [0.2, 0.25) is 5.90 Å². The minimum atomic E-state index is -0.585. The minimum Gasteiger partial charge on any atom is -0.476 e. The highest BCUT2D eigenvalue weighted by Gasteiger charge is 2.36. The average Bonchev–Trinajstić information content (AvgIpc) is 3.04. The fourth-order valence-corrected chi connectivity index (χ4v) is 5.43. The highest BCUT2D eigenvalue weighted by Crippen LogP contribution is 2.33. The molecule has 0 N–H and O–H groups in total. The normalized spacial score (nSPS) is 17.9. The number of aliphatic imine (C=N–C) groups is 1. The summed E-state index contributed by atoms with van der Waals surface area (Å²) in [6.45, 7) is 5.82. The van der Waals surface area contributed by atoms with Gasteiger partial charge in [0.1, 0.15) is 17.7 Å². The predicted octanol–water partition coefficient (Wildman–Crippen LogP) is 7.34. The first-order chi connectivity index (χ1) is 19.7. The van der Waals surface area contributed by atoms with Crippen LogP contribution in [0.4, 0.5) is 5.69 Å². The Morgan fingerprint density at radius 2 is 1.78 bits per heavy atom. The summed E-state index contributed by atoms with van der Waals surface area (Å²) in [5.41, 5.74) is 2.69. The van der Waals surface area contributed by atoms with Crippen LogP contribution in [0.3, 0.4) is 0 Å². The van der Waals surface area contributed by atoms with Crippen LogP contribution >= 0.6 is 11.6 Å². The minimum absolute atomic E-state index is 0.0460. The summed E-state index contributed by atoms with van der Waals surface area (Å²) in [5, 5.41) is 0.507. The van der Waals surface area contributed by atoms with Gasteiger partial charge in [0.15, 0.2) is 0 Å². The number of esters is 1. The smallest absolute Gasteiger partial charge is 0.338 e. The lowest BCUT2D eigenvalue weighted by molar-refractivity contribution is 0.00692. The third-order valence-electron chi connectivity index (χ3n) is 7.28. The maximum Gasteiger partial charge on any atom is 0.338 e. The molecule has 0 spiro atoms. The number of nitrogens with zero attached hydrogens (tertiary/aromatic N) is 3. The Balaban J connectivity index is 1.52. The monoisotopic (exact) mass is 573 g/mol. The topological polar surface area (TPSA) is 81.1 Å². The molecule has 0 bridgehead atoms. The molecule has 1 atom stereocenters. The number of pyridine rings is 1. The number of amides is 1. The van der Waals surface area contributed by atoms with E-state index in [1.165, 1.54) is 6.42 Å². The van der Waals surface area contributed by atoms with Gasteiger partial charge in [-0.25, -0.2) is 9.79 Å². The van der Waals surface area contributed by atoms with Gasteiger partial charge in [0.25, 0.3) is 5.91 Å². The Bertz CT molecular complexity index is 1410. The fourth-order valence-electron chi connectivity index (χ4n) is 5.26. The van der Waals surface area contributed by atoms with E-state index >= 15 is 0 Å². The largest absolute Gasteiger partial charge is 0.476 e. The molecule has 2 aromatic carbocycles. The second-order valence-corrected chi connectivity index (χ2v) is 12.1. The molecule has 0 radical (unpaired) electrons. The van der Waals surface area contributed by atoms with Crippen LogP contribution in [0.1, 0.15) is 84.7 Å². The van der Waals surface area contributed by atoms with Crippen molar-refractivity contribution in [3.8, 4) is 0 Å². The SMILES string of the molecule is CC(C)(C)OC(=O)c1ccc(CN2C(=O)c3ccc(Cl)cc3N=C(OC3CCCCC3)[C@H]2Cc2cccnc2)cc1. The lowest BCUT2D eigenvalue weighted by Gasteiger charge is -2.33. The number of hydrogen-bond acceptors (Lipinski definition) is 6. The van der Waals surface area contributed by atoms with E-state index in [-0.39, 0.29) is 18.0 Å². The standard InChI is InChI=1S/C33H36ClN3O4/c1-33(2,3)41-32(39)24-13-11-22(12-14-24)21-37-29(18-23-8-7-17-35-20-23)30(40-26-9-5-4-6-10-26)36-28-19-25(34)15-16-27(28)31(37)38/h7-8,11-17,19-20,26,29H,4-6,9-10,18,21H2,1-3H3/t29-/m1/s1. The Hall–Kier alpha value is -3.71. The highest BCUT2D eigenvalue weighted by atomic mass is 35.5. The van der Waals surface area contributed by atoms with Gasteiger partial charge >= 0.3 is 5.97 Å². The van der Waals surface area contributed by atoms with Crippen molar-refractivity contribution >= 4 is 35.1 Å². The molecule has 214 valence electrons. The molecule has 0 saturated heterocycles. The molecule has 1 aromatic heterocycles. The van der Waals surface area contributed by atoms with Gasteiger partial charge in [-0.15, -0.1) is 0 Å². The Labute approximate surface area is 246 Å². The average molecular weight is 574 g/mol. The molecule has 1 aliphatic carbocycles.